The molecule has 10 heteroatoms. The number of unbranched alkanes of at least 4 members (excludes halogenated alkanes) is 1. The lowest BCUT2D eigenvalue weighted by Crippen LogP contribution is -2.56. The van der Waals surface area contributed by atoms with Crippen molar-refractivity contribution in [2.75, 3.05) is 4.90 Å². The Kier molecular flexibility index (Phi) is 6.83. The number of carbonyl (C=O) groups excluding carboxylic acids is 3. The van der Waals surface area contributed by atoms with E-state index in [0.717, 1.165) is 4.90 Å². The van der Waals surface area contributed by atoms with Crippen molar-refractivity contribution in [3.8, 4) is 5.69 Å². The Balaban J connectivity index is 1.68. The minimum Gasteiger partial charge on any atom is -0.480 e. The minimum atomic E-state index is -1.74. The van der Waals surface area contributed by atoms with Crippen molar-refractivity contribution < 1.29 is 24.3 Å². The third-order valence-corrected chi connectivity index (χ3v) is 8.40. The van der Waals surface area contributed by atoms with E-state index in [1.54, 1.807) is 30.8 Å². The fraction of sp³-hybridized carbons (Fsp3) is 0.367. The summed E-state index contributed by atoms with van der Waals surface area (Å²) in [5, 5.41) is 13.7. The van der Waals surface area contributed by atoms with E-state index in [4.69, 9.17) is 0 Å². The predicted molar refractivity (Wildman–Crippen MR) is 147 cm³/mol. The van der Waals surface area contributed by atoms with E-state index in [2.05, 4.69) is 5.32 Å². The first-order valence-corrected chi connectivity index (χ1v) is 13.4. The number of nitrogens with zero attached hydrogens (tertiary/aromatic N) is 3. The molecule has 0 bridgehead atoms. The number of benzene rings is 2. The molecule has 0 saturated carbocycles. The number of aliphatic carboxylic acids is 1. The number of nitrogens with one attached hydrogen (secondary N) is 1. The van der Waals surface area contributed by atoms with E-state index in [-0.39, 0.29) is 29.0 Å². The van der Waals surface area contributed by atoms with Crippen LogP contribution in [0.15, 0.2) is 59.4 Å². The Morgan fingerprint density at radius 2 is 1.62 bits per heavy atom. The average Bonchev–Trinajstić information content (AvgIpc) is 3.49. The van der Waals surface area contributed by atoms with Crippen LogP contribution in [0.4, 0.5) is 5.69 Å². The lowest BCUT2D eigenvalue weighted by atomic mass is 9.76. The number of rotatable bonds is 8. The molecule has 2 saturated heterocycles. The smallest absolute Gasteiger partial charge is 0.324 e. The molecule has 0 radical (unpaired) electrons. The van der Waals surface area contributed by atoms with E-state index < -0.39 is 41.2 Å². The number of carboxylic acids is 1. The Morgan fingerprint density at radius 1 is 0.975 bits per heavy atom. The molecule has 4 atom stereocenters. The van der Waals surface area contributed by atoms with E-state index in [1.807, 2.05) is 25.1 Å². The van der Waals surface area contributed by atoms with Gasteiger partial charge in [-0.15, -0.1) is 0 Å². The van der Waals surface area contributed by atoms with Crippen LogP contribution >= 0.6 is 0 Å². The number of carbonyl (C=O) groups is 4. The maximum atomic E-state index is 14.1. The van der Waals surface area contributed by atoms with E-state index in [9.17, 15) is 29.1 Å². The number of ketones is 1. The Bertz CT molecular complexity index is 1570. The zero-order valence-electron chi connectivity index (χ0n) is 22.9. The average molecular weight is 545 g/mol. The second kappa shape index (κ2) is 10.0. The summed E-state index contributed by atoms with van der Waals surface area (Å²) in [6.45, 7) is 5.09. The maximum absolute atomic E-state index is 14.1. The summed E-state index contributed by atoms with van der Waals surface area (Å²) < 4.78 is 3.16. The molecule has 1 aromatic heterocycles. The summed E-state index contributed by atoms with van der Waals surface area (Å²) in [6, 6.07) is 14.1. The van der Waals surface area contributed by atoms with E-state index in [0.29, 0.717) is 29.8 Å². The van der Waals surface area contributed by atoms with Crippen LogP contribution in [-0.2, 0) is 21.4 Å². The molecule has 2 N–H and O–H groups in total. The molecule has 10 nitrogen and oxygen atoms in total. The molecule has 208 valence electrons. The lowest BCUT2D eigenvalue weighted by Gasteiger charge is -2.31. The van der Waals surface area contributed by atoms with Gasteiger partial charge in [0.2, 0.25) is 11.8 Å². The highest BCUT2D eigenvalue weighted by Gasteiger charge is 2.69. The summed E-state index contributed by atoms with van der Waals surface area (Å²) in [7, 11) is 1.73. The van der Waals surface area contributed by atoms with Crippen molar-refractivity contribution in [3.63, 3.8) is 0 Å². The van der Waals surface area contributed by atoms with Crippen LogP contribution in [0.25, 0.3) is 5.69 Å². The van der Waals surface area contributed by atoms with Gasteiger partial charge >= 0.3 is 5.97 Å². The normalized spacial score (nSPS) is 24.0. The highest BCUT2D eigenvalue weighted by Crippen LogP contribution is 2.51. The molecule has 5 rings (SSSR count). The third-order valence-electron chi connectivity index (χ3n) is 8.40. The molecule has 2 aromatic carbocycles. The van der Waals surface area contributed by atoms with Gasteiger partial charge in [-0.1, -0.05) is 38.0 Å². The number of amides is 2. The summed E-state index contributed by atoms with van der Waals surface area (Å²) in [5.41, 5.74) is 0.000716. The Morgan fingerprint density at radius 3 is 2.20 bits per heavy atom. The summed E-state index contributed by atoms with van der Waals surface area (Å²) in [6.07, 6.45) is 1.31. The van der Waals surface area contributed by atoms with Gasteiger partial charge in [-0.2, -0.15) is 0 Å². The Hall–Kier alpha value is -4.31. The molecule has 2 aliphatic heterocycles. The van der Waals surface area contributed by atoms with Crippen LogP contribution in [0.3, 0.4) is 0 Å². The van der Waals surface area contributed by atoms with Crippen LogP contribution in [0.5, 0.6) is 0 Å². The standard InChI is InChI=1S/C30H32N4O6/c1-5-6-16-30(29(39)40)24-23(26(36)33(28(24)38)20-14-12-19(13-15-20)18(3)35)25(31-30)22-17(2)32(4)34(27(22)37)21-10-8-7-9-11-21/h7-15,23-25,31H,5-6,16H2,1-4H3,(H,39,40). The molecule has 4 unspecified atom stereocenters. The number of carboxylic acid groups (broad SMARTS) is 1. The summed E-state index contributed by atoms with van der Waals surface area (Å²) >= 11 is 0. The second-order valence-corrected chi connectivity index (χ2v) is 10.6. The van der Waals surface area contributed by atoms with Crippen LogP contribution in [0.2, 0.25) is 0 Å². The monoisotopic (exact) mass is 544 g/mol. The number of hydrogen-bond donors (Lipinski definition) is 2. The van der Waals surface area contributed by atoms with Gasteiger partial charge in [-0.05, 0) is 56.7 Å². The number of para-hydroxylation sites is 1. The van der Waals surface area contributed by atoms with Crippen molar-refractivity contribution in [3.05, 3.63) is 81.8 Å². The first-order valence-electron chi connectivity index (χ1n) is 13.4. The zero-order chi connectivity index (χ0) is 28.9. The number of Topliss-reactive ketones (excluding diaryl/α,β-unsaturated/α-hetero) is 1. The largest absolute Gasteiger partial charge is 0.480 e. The molecule has 2 aliphatic rings. The fourth-order valence-electron chi connectivity index (χ4n) is 6.29. The van der Waals surface area contributed by atoms with Gasteiger partial charge in [-0.3, -0.25) is 34.0 Å². The van der Waals surface area contributed by atoms with Crippen LogP contribution < -0.4 is 15.8 Å². The SMILES string of the molecule is CCCCC1(C(=O)O)NC(c2c(C)n(C)n(-c3ccccc3)c2=O)C2C(=O)N(c3ccc(C(C)=O)cc3)C(=O)C21. The van der Waals surface area contributed by atoms with Crippen LogP contribution in [-0.4, -0.2) is 43.6 Å². The van der Waals surface area contributed by atoms with Crippen LogP contribution in [0, 0.1) is 18.8 Å². The number of aromatic nitrogens is 2. The van der Waals surface area contributed by atoms with Crippen molar-refractivity contribution in [2.24, 2.45) is 18.9 Å². The van der Waals surface area contributed by atoms with Crippen LogP contribution in [0.1, 0.15) is 60.8 Å². The van der Waals surface area contributed by atoms with Gasteiger partial charge in [0.05, 0.1) is 34.8 Å². The minimum absolute atomic E-state index is 0.116. The van der Waals surface area contributed by atoms with E-state index >= 15 is 0 Å². The Labute approximate surface area is 231 Å². The van der Waals surface area contributed by atoms with Gasteiger partial charge in [0.1, 0.15) is 5.54 Å². The summed E-state index contributed by atoms with van der Waals surface area (Å²) in [5.74, 6) is -4.92. The molecule has 2 fully saturated rings. The topological polar surface area (TPSA) is 131 Å². The van der Waals surface area contributed by atoms with Crippen molar-refractivity contribution in [1.29, 1.82) is 0 Å². The predicted octanol–water partition coefficient (Wildman–Crippen LogP) is 3.15. The molecular weight excluding hydrogens is 512 g/mol. The number of fused-ring (bicyclic) bond motifs is 1. The summed E-state index contributed by atoms with van der Waals surface area (Å²) in [4.78, 5) is 67.7. The second-order valence-electron chi connectivity index (χ2n) is 10.6. The van der Waals surface area contributed by atoms with Crippen molar-refractivity contribution in [1.82, 2.24) is 14.7 Å². The molecule has 3 heterocycles. The zero-order valence-corrected chi connectivity index (χ0v) is 22.9. The molecule has 3 aromatic rings. The fourth-order valence-corrected chi connectivity index (χ4v) is 6.29. The third kappa shape index (κ3) is 3.93. The number of imide groups is 1. The van der Waals surface area contributed by atoms with Gasteiger partial charge in [0, 0.05) is 18.3 Å². The lowest BCUT2D eigenvalue weighted by molar-refractivity contribution is -0.149. The van der Waals surface area contributed by atoms with Crippen molar-refractivity contribution >= 4 is 29.3 Å². The maximum Gasteiger partial charge on any atom is 0.324 e. The molecule has 0 aliphatic carbocycles. The molecule has 0 spiro atoms. The van der Waals surface area contributed by atoms with Gasteiger partial charge in [0.15, 0.2) is 5.78 Å². The molecule has 2 amide bonds. The molecule has 40 heavy (non-hydrogen) atoms. The first kappa shape index (κ1) is 27.3. The highest BCUT2D eigenvalue weighted by atomic mass is 16.4. The van der Waals surface area contributed by atoms with E-state index in [1.165, 1.54) is 35.9 Å². The van der Waals surface area contributed by atoms with Gasteiger partial charge in [0.25, 0.3) is 5.56 Å². The van der Waals surface area contributed by atoms with Crippen molar-refractivity contribution in [2.45, 2.75) is 51.6 Å². The molecular formula is C30H32N4O6. The highest BCUT2D eigenvalue weighted by molar-refractivity contribution is 6.24. The first-order chi connectivity index (χ1) is 19.0. The number of hydrogen-bond acceptors (Lipinski definition) is 6. The quantitative estimate of drug-likeness (QED) is 0.329. The van der Waals surface area contributed by atoms with Gasteiger partial charge in [-0.25, -0.2) is 9.58 Å². The number of anilines is 1. The van der Waals surface area contributed by atoms with Gasteiger partial charge < -0.3 is 5.11 Å².